The van der Waals surface area contributed by atoms with E-state index in [4.69, 9.17) is 5.26 Å². The average molecular weight is 452 g/mol. The van der Waals surface area contributed by atoms with Crippen LogP contribution in [-0.4, -0.2) is 49.0 Å². The average Bonchev–Trinajstić information content (AvgIpc) is 2.78. The maximum Gasteiger partial charge on any atom is 0.264 e. The number of carbonyl (C=O) groups excluding carboxylic acids is 1. The van der Waals surface area contributed by atoms with Gasteiger partial charge in [-0.1, -0.05) is 18.2 Å². The summed E-state index contributed by atoms with van der Waals surface area (Å²) in [6.07, 6.45) is 2.71. The zero-order valence-corrected chi connectivity index (χ0v) is 18.2. The topological polar surface area (TPSA) is 125 Å². The molecule has 10 heteroatoms. The van der Waals surface area contributed by atoms with Crippen LogP contribution in [0.2, 0.25) is 0 Å². The molecule has 1 N–H and O–H groups in total. The van der Waals surface area contributed by atoms with E-state index >= 15 is 0 Å². The zero-order valence-electron chi connectivity index (χ0n) is 17.4. The number of aromatic nitrogens is 2. The molecule has 0 fully saturated rings. The first-order valence-electron chi connectivity index (χ1n) is 9.99. The fraction of sp³-hybridized carbons (Fsp3) is 0.273. The number of hydrogen-bond acceptors (Lipinski definition) is 7. The first-order chi connectivity index (χ1) is 15.3. The molecule has 0 radical (unpaired) electrons. The van der Waals surface area contributed by atoms with E-state index in [9.17, 15) is 18.0 Å². The number of amides is 1. The zero-order chi connectivity index (χ0) is 22.9. The molecular weight excluding hydrogens is 430 g/mol. The number of anilines is 1. The summed E-state index contributed by atoms with van der Waals surface area (Å²) in [5.74, 6) is -0.465. The van der Waals surface area contributed by atoms with E-state index in [0.717, 1.165) is 11.1 Å². The van der Waals surface area contributed by atoms with Crippen LogP contribution in [0.1, 0.15) is 21.6 Å². The monoisotopic (exact) mass is 451 g/mol. The highest BCUT2D eigenvalue weighted by Crippen LogP contribution is 2.29. The third kappa shape index (κ3) is 4.33. The minimum absolute atomic E-state index is 0.0261. The Morgan fingerprint density at radius 1 is 1.25 bits per heavy atom. The van der Waals surface area contributed by atoms with Crippen molar-refractivity contribution in [3.8, 4) is 6.07 Å². The van der Waals surface area contributed by atoms with Gasteiger partial charge in [0.2, 0.25) is 0 Å². The van der Waals surface area contributed by atoms with E-state index in [1.165, 1.54) is 12.5 Å². The molecule has 0 saturated heterocycles. The van der Waals surface area contributed by atoms with Gasteiger partial charge in [0.05, 0.1) is 17.0 Å². The van der Waals surface area contributed by atoms with Gasteiger partial charge in [-0.25, -0.2) is 13.4 Å². The second kappa shape index (κ2) is 8.43. The first-order valence-corrected chi connectivity index (χ1v) is 12.1. The van der Waals surface area contributed by atoms with Crippen LogP contribution in [0, 0.1) is 11.3 Å². The Morgan fingerprint density at radius 3 is 2.75 bits per heavy atom. The lowest BCUT2D eigenvalue weighted by atomic mass is 10.1. The molecule has 0 unspecified atom stereocenters. The second-order valence-corrected chi connectivity index (χ2v) is 9.95. The first kappa shape index (κ1) is 21.5. The number of nitrogens with one attached hydrogen (secondary N) is 1. The summed E-state index contributed by atoms with van der Waals surface area (Å²) in [6.45, 7) is 1.35. The van der Waals surface area contributed by atoms with Crippen molar-refractivity contribution in [1.29, 1.82) is 5.26 Å². The number of rotatable bonds is 6. The van der Waals surface area contributed by atoms with Gasteiger partial charge in [0.1, 0.15) is 27.2 Å². The molecule has 0 saturated carbocycles. The van der Waals surface area contributed by atoms with Crippen LogP contribution in [0.4, 0.5) is 5.69 Å². The van der Waals surface area contributed by atoms with Crippen molar-refractivity contribution in [3.05, 3.63) is 69.8 Å². The van der Waals surface area contributed by atoms with Gasteiger partial charge >= 0.3 is 0 Å². The van der Waals surface area contributed by atoms with E-state index in [-0.39, 0.29) is 29.1 Å². The van der Waals surface area contributed by atoms with Crippen molar-refractivity contribution >= 4 is 32.3 Å². The highest BCUT2D eigenvalue weighted by molar-refractivity contribution is 7.90. The summed E-state index contributed by atoms with van der Waals surface area (Å²) in [5, 5.41) is 12.3. The summed E-state index contributed by atoms with van der Waals surface area (Å²) in [6, 6.07) is 12.3. The fourth-order valence-electron chi connectivity index (χ4n) is 3.78. The van der Waals surface area contributed by atoms with E-state index in [2.05, 4.69) is 10.3 Å². The van der Waals surface area contributed by atoms with Gasteiger partial charge in [0.15, 0.2) is 0 Å². The fourth-order valence-corrected chi connectivity index (χ4v) is 4.33. The number of benzene rings is 1. The Balaban J connectivity index is 1.62. The number of carbonyl (C=O) groups is 1. The van der Waals surface area contributed by atoms with Gasteiger partial charge in [-0.05, 0) is 23.8 Å². The number of para-hydroxylation sites is 1. The van der Waals surface area contributed by atoms with Crippen molar-refractivity contribution in [2.45, 2.75) is 13.1 Å². The summed E-state index contributed by atoms with van der Waals surface area (Å²) in [5.41, 5.74) is 2.14. The molecule has 4 rings (SSSR count). The molecule has 1 aliphatic rings. The van der Waals surface area contributed by atoms with Crippen LogP contribution in [0.15, 0.2) is 47.4 Å². The molecule has 3 aromatic rings. The smallest absolute Gasteiger partial charge is 0.264 e. The lowest BCUT2D eigenvalue weighted by Gasteiger charge is -2.32. The maximum atomic E-state index is 13.1. The Hall–Kier alpha value is -3.71. The van der Waals surface area contributed by atoms with E-state index < -0.39 is 15.7 Å². The molecular formula is C22H21N5O4S. The maximum absolute atomic E-state index is 13.1. The summed E-state index contributed by atoms with van der Waals surface area (Å²) >= 11 is 0. The van der Waals surface area contributed by atoms with Crippen molar-refractivity contribution in [3.63, 3.8) is 0 Å². The largest absolute Gasteiger partial charge is 0.367 e. The molecule has 1 aromatic carbocycles. The Labute approximate surface area is 184 Å². The van der Waals surface area contributed by atoms with Gasteiger partial charge < -0.3 is 14.8 Å². The molecule has 32 heavy (non-hydrogen) atoms. The van der Waals surface area contributed by atoms with Crippen LogP contribution >= 0.6 is 0 Å². The van der Waals surface area contributed by atoms with Crippen LogP contribution in [-0.2, 0) is 22.9 Å². The van der Waals surface area contributed by atoms with E-state index in [0.29, 0.717) is 30.7 Å². The van der Waals surface area contributed by atoms with Crippen molar-refractivity contribution in [2.75, 3.05) is 30.0 Å². The van der Waals surface area contributed by atoms with Crippen LogP contribution in [0.5, 0.6) is 0 Å². The third-order valence-corrected chi connectivity index (χ3v) is 6.32. The van der Waals surface area contributed by atoms with Gasteiger partial charge in [0, 0.05) is 44.0 Å². The van der Waals surface area contributed by atoms with Crippen molar-refractivity contribution in [1.82, 2.24) is 14.9 Å². The Bertz CT molecular complexity index is 1410. The highest BCUT2D eigenvalue weighted by atomic mass is 32.2. The molecule has 0 spiro atoms. The van der Waals surface area contributed by atoms with Crippen molar-refractivity contribution in [2.24, 2.45) is 0 Å². The summed E-state index contributed by atoms with van der Waals surface area (Å²) in [4.78, 5) is 31.8. The molecule has 164 valence electrons. The minimum atomic E-state index is -3.11. The molecule has 3 heterocycles. The SMILES string of the molecule is CS(=O)(=O)CCN1CCn2c(=O)c(C(=O)NCc3ccc(C#N)nc3)cc3cccc1c32. The molecule has 0 atom stereocenters. The van der Waals surface area contributed by atoms with E-state index in [1.807, 2.05) is 29.2 Å². The van der Waals surface area contributed by atoms with Gasteiger partial charge in [-0.2, -0.15) is 5.26 Å². The van der Waals surface area contributed by atoms with Gasteiger partial charge in [-0.15, -0.1) is 0 Å². The van der Waals surface area contributed by atoms with Crippen LogP contribution < -0.4 is 15.8 Å². The molecule has 9 nitrogen and oxygen atoms in total. The molecule has 2 aromatic heterocycles. The van der Waals surface area contributed by atoms with Gasteiger partial charge in [-0.3, -0.25) is 9.59 Å². The van der Waals surface area contributed by atoms with E-state index in [1.54, 1.807) is 22.8 Å². The summed E-state index contributed by atoms with van der Waals surface area (Å²) in [7, 11) is -3.11. The number of pyridine rings is 2. The number of sulfone groups is 1. The normalized spacial score (nSPS) is 13.1. The Kier molecular flexibility index (Phi) is 5.67. The number of nitrogens with zero attached hydrogens (tertiary/aromatic N) is 4. The van der Waals surface area contributed by atoms with Crippen LogP contribution in [0.25, 0.3) is 10.9 Å². The predicted octanol–water partition coefficient (Wildman–Crippen LogP) is 1.06. The highest BCUT2D eigenvalue weighted by Gasteiger charge is 2.23. The quantitative estimate of drug-likeness (QED) is 0.594. The minimum Gasteiger partial charge on any atom is -0.367 e. The molecule has 0 aliphatic carbocycles. The molecule has 1 aliphatic heterocycles. The molecule has 0 bridgehead atoms. The number of hydrogen-bond donors (Lipinski definition) is 1. The predicted molar refractivity (Wildman–Crippen MR) is 120 cm³/mol. The second-order valence-electron chi connectivity index (χ2n) is 7.69. The molecule has 1 amide bonds. The van der Waals surface area contributed by atoms with Crippen LogP contribution in [0.3, 0.4) is 0 Å². The third-order valence-electron chi connectivity index (χ3n) is 5.39. The summed E-state index contributed by atoms with van der Waals surface area (Å²) < 4.78 is 24.8. The lowest BCUT2D eigenvalue weighted by Crippen LogP contribution is -2.41. The lowest BCUT2D eigenvalue weighted by molar-refractivity contribution is 0.0949. The standard InChI is InChI=1S/C22H21N5O4S/c1-32(30,31)10-9-26-7-8-27-20-16(3-2-4-19(20)26)11-18(22(27)29)21(28)25-14-15-5-6-17(12-23)24-13-15/h2-6,11,13H,7-10,14H2,1H3,(H,25,28). The van der Waals surface area contributed by atoms with Gasteiger partial charge in [0.25, 0.3) is 11.5 Å². The van der Waals surface area contributed by atoms with Crippen molar-refractivity contribution < 1.29 is 13.2 Å². The number of nitriles is 1. The Morgan fingerprint density at radius 2 is 2.06 bits per heavy atom.